The van der Waals surface area contributed by atoms with Gasteiger partial charge >= 0.3 is 6.09 Å². The Hall–Kier alpha value is -3.44. The Balaban J connectivity index is 2.55. The molecule has 0 saturated heterocycles. The number of benzene rings is 2. The van der Waals surface area contributed by atoms with Gasteiger partial charge in [0.05, 0.1) is 0 Å². The number of anilines is 1. The normalized spacial score (nSPS) is 12.6. The number of hydrogen-bond donors (Lipinski definition) is 3. The number of hydrogen-bond acceptors (Lipinski definition) is 5. The molecule has 0 saturated carbocycles. The van der Waals surface area contributed by atoms with Crippen molar-refractivity contribution in [1.29, 1.82) is 0 Å². The van der Waals surface area contributed by atoms with Crippen molar-refractivity contribution in [3.8, 4) is 12.3 Å². The van der Waals surface area contributed by atoms with Gasteiger partial charge in [-0.3, -0.25) is 9.59 Å². The highest BCUT2D eigenvalue weighted by atomic mass is 32.1. The average Bonchev–Trinajstić information content (AvgIpc) is 2.83. The number of para-hydroxylation sites is 1. The first-order valence-corrected chi connectivity index (χ1v) is 12.9. The van der Waals surface area contributed by atoms with Crippen molar-refractivity contribution < 1.29 is 19.1 Å². The second-order valence-corrected chi connectivity index (χ2v) is 10.2. The molecule has 0 heterocycles. The fourth-order valence-electron chi connectivity index (χ4n) is 3.96. The van der Waals surface area contributed by atoms with Gasteiger partial charge in [-0.1, -0.05) is 49.2 Å². The highest BCUT2D eigenvalue weighted by Crippen LogP contribution is 2.29. The first-order valence-electron chi connectivity index (χ1n) is 12.3. The van der Waals surface area contributed by atoms with Crippen LogP contribution in [0.2, 0.25) is 0 Å². The van der Waals surface area contributed by atoms with Crippen LogP contribution in [0.15, 0.2) is 42.5 Å². The molecule has 2 aromatic rings. The summed E-state index contributed by atoms with van der Waals surface area (Å²) < 4.78 is 5.33. The standard InChI is InChI=1S/C29H37N3O4S/c1-8-17-32(27(34)23(18-37)30-28(35)36-29(5,6)7)25(22-16-11-10-15-21(22)9-2)26(33)31-24-19(3)13-12-14-20(24)4/h2,10-16,23,25,37H,8,17-18H2,1,3-7H3,(H,30,35)(H,31,33). The number of nitrogens with one attached hydrogen (secondary N) is 2. The Morgan fingerprint density at radius 2 is 1.70 bits per heavy atom. The topological polar surface area (TPSA) is 87.7 Å². The Bertz CT molecular complexity index is 1150. The van der Waals surface area contributed by atoms with Crippen LogP contribution in [0, 0.1) is 26.2 Å². The zero-order valence-electron chi connectivity index (χ0n) is 22.4. The van der Waals surface area contributed by atoms with E-state index in [2.05, 4.69) is 29.2 Å². The third-order valence-electron chi connectivity index (χ3n) is 5.62. The van der Waals surface area contributed by atoms with Crippen molar-refractivity contribution in [2.24, 2.45) is 0 Å². The van der Waals surface area contributed by atoms with Gasteiger partial charge in [0.1, 0.15) is 17.7 Å². The summed E-state index contributed by atoms with van der Waals surface area (Å²) in [4.78, 5) is 41.7. The molecule has 2 atom stereocenters. The summed E-state index contributed by atoms with van der Waals surface area (Å²) in [5, 5.41) is 5.62. The maximum atomic E-state index is 13.9. The zero-order valence-corrected chi connectivity index (χ0v) is 23.3. The minimum absolute atomic E-state index is 0.0142. The van der Waals surface area contributed by atoms with Crippen LogP contribution in [-0.2, 0) is 14.3 Å². The van der Waals surface area contributed by atoms with Crippen molar-refractivity contribution in [3.05, 3.63) is 64.7 Å². The highest BCUT2D eigenvalue weighted by molar-refractivity contribution is 7.80. The molecule has 2 unspecified atom stereocenters. The first kappa shape index (κ1) is 29.8. The van der Waals surface area contributed by atoms with Crippen molar-refractivity contribution >= 4 is 36.2 Å². The second-order valence-electron chi connectivity index (χ2n) is 9.80. The molecule has 8 heteroatoms. The number of ether oxygens (including phenoxy) is 1. The van der Waals surface area contributed by atoms with Crippen LogP contribution < -0.4 is 10.6 Å². The summed E-state index contributed by atoms with van der Waals surface area (Å²) in [7, 11) is 0. The molecule has 0 aliphatic carbocycles. The van der Waals surface area contributed by atoms with Gasteiger partial charge in [-0.15, -0.1) is 6.42 Å². The van der Waals surface area contributed by atoms with Crippen LogP contribution in [0.4, 0.5) is 10.5 Å². The maximum absolute atomic E-state index is 13.9. The number of nitrogens with zero attached hydrogens (tertiary/aromatic N) is 1. The van der Waals surface area contributed by atoms with E-state index in [1.54, 1.807) is 45.0 Å². The van der Waals surface area contributed by atoms with Crippen LogP contribution in [-0.4, -0.2) is 46.7 Å². The summed E-state index contributed by atoms with van der Waals surface area (Å²) in [6.45, 7) is 11.2. The molecule has 0 aliphatic heterocycles. The summed E-state index contributed by atoms with van der Waals surface area (Å²) in [5.41, 5.74) is 2.75. The number of carbonyl (C=O) groups excluding carboxylic acids is 3. The number of carbonyl (C=O) groups is 3. The number of alkyl carbamates (subject to hydrolysis) is 1. The molecule has 2 rings (SSSR count). The van der Waals surface area contributed by atoms with Gasteiger partial charge in [-0.2, -0.15) is 12.6 Å². The van der Waals surface area contributed by atoms with Crippen molar-refractivity contribution in [2.75, 3.05) is 17.6 Å². The van der Waals surface area contributed by atoms with E-state index in [0.717, 1.165) is 11.1 Å². The lowest BCUT2D eigenvalue weighted by Gasteiger charge is -2.34. The molecule has 37 heavy (non-hydrogen) atoms. The van der Waals surface area contributed by atoms with Crippen LogP contribution in [0.3, 0.4) is 0 Å². The first-order chi connectivity index (χ1) is 17.4. The molecule has 7 nitrogen and oxygen atoms in total. The quantitative estimate of drug-likeness (QED) is 0.318. The number of amides is 3. The molecule has 198 valence electrons. The largest absolute Gasteiger partial charge is 0.444 e. The van der Waals surface area contributed by atoms with Gasteiger partial charge in [0, 0.05) is 23.5 Å². The average molecular weight is 524 g/mol. The SMILES string of the molecule is C#Cc1ccccc1C(C(=O)Nc1c(C)cccc1C)N(CCC)C(=O)C(CS)NC(=O)OC(C)(C)C. The Kier molecular flexibility index (Phi) is 10.6. The molecular weight excluding hydrogens is 486 g/mol. The number of aryl methyl sites for hydroxylation is 2. The monoisotopic (exact) mass is 523 g/mol. The maximum Gasteiger partial charge on any atom is 0.408 e. The van der Waals surface area contributed by atoms with Crippen molar-refractivity contribution in [2.45, 2.75) is 65.6 Å². The molecular formula is C29H37N3O4S. The number of thiol groups is 1. The molecule has 2 N–H and O–H groups in total. The van der Waals surface area contributed by atoms with Crippen LogP contribution in [0.1, 0.15) is 62.4 Å². The molecule has 2 aromatic carbocycles. The van der Waals surface area contributed by atoms with Gasteiger partial charge in [0.2, 0.25) is 5.91 Å². The molecule has 0 aromatic heterocycles. The lowest BCUT2D eigenvalue weighted by atomic mass is 9.97. The summed E-state index contributed by atoms with van der Waals surface area (Å²) in [5.74, 6) is 1.78. The van der Waals surface area contributed by atoms with E-state index in [1.165, 1.54) is 4.90 Å². The van der Waals surface area contributed by atoms with Crippen molar-refractivity contribution in [3.63, 3.8) is 0 Å². The summed E-state index contributed by atoms with van der Waals surface area (Å²) in [6.07, 6.45) is 5.61. The molecule has 0 aliphatic rings. The fourth-order valence-corrected chi connectivity index (χ4v) is 4.21. The fraction of sp³-hybridized carbons (Fsp3) is 0.414. The van der Waals surface area contributed by atoms with Crippen LogP contribution in [0.25, 0.3) is 0 Å². The molecule has 0 radical (unpaired) electrons. The van der Waals surface area contributed by atoms with E-state index in [0.29, 0.717) is 23.2 Å². The highest BCUT2D eigenvalue weighted by Gasteiger charge is 2.36. The molecule has 3 amide bonds. The lowest BCUT2D eigenvalue weighted by molar-refractivity contribution is -0.140. The van der Waals surface area contributed by atoms with E-state index < -0.39 is 35.6 Å². The Morgan fingerprint density at radius 1 is 1.08 bits per heavy atom. The molecule has 0 spiro atoms. The van der Waals surface area contributed by atoms with E-state index in [-0.39, 0.29) is 12.3 Å². The van der Waals surface area contributed by atoms with Gasteiger partial charge in [0.25, 0.3) is 5.91 Å². The number of rotatable bonds is 9. The predicted molar refractivity (Wildman–Crippen MR) is 151 cm³/mol. The van der Waals surface area contributed by atoms with Gasteiger partial charge in [-0.25, -0.2) is 4.79 Å². The smallest absolute Gasteiger partial charge is 0.408 e. The van der Waals surface area contributed by atoms with E-state index >= 15 is 0 Å². The van der Waals surface area contributed by atoms with Gasteiger partial charge in [-0.05, 0) is 63.8 Å². The Labute approximate surface area is 225 Å². The minimum Gasteiger partial charge on any atom is -0.444 e. The Morgan fingerprint density at radius 3 is 2.24 bits per heavy atom. The minimum atomic E-state index is -1.04. The van der Waals surface area contributed by atoms with Crippen LogP contribution in [0.5, 0.6) is 0 Å². The molecule has 0 bridgehead atoms. The van der Waals surface area contributed by atoms with Crippen LogP contribution >= 0.6 is 12.6 Å². The van der Waals surface area contributed by atoms with Gasteiger partial charge in [0.15, 0.2) is 0 Å². The van der Waals surface area contributed by atoms with E-state index in [9.17, 15) is 14.4 Å². The van der Waals surface area contributed by atoms with E-state index in [1.807, 2.05) is 39.0 Å². The predicted octanol–water partition coefficient (Wildman–Crippen LogP) is 5.03. The lowest BCUT2D eigenvalue weighted by Crippen LogP contribution is -2.53. The van der Waals surface area contributed by atoms with E-state index in [4.69, 9.17) is 11.2 Å². The second kappa shape index (κ2) is 13.2. The zero-order chi connectivity index (χ0) is 27.8. The molecule has 0 fully saturated rings. The van der Waals surface area contributed by atoms with Gasteiger partial charge < -0.3 is 20.3 Å². The third kappa shape index (κ3) is 8.02. The number of terminal acetylenes is 1. The summed E-state index contributed by atoms with van der Waals surface area (Å²) in [6, 6.07) is 10.7. The van der Waals surface area contributed by atoms with Crippen molar-refractivity contribution in [1.82, 2.24) is 10.2 Å². The summed E-state index contributed by atoms with van der Waals surface area (Å²) >= 11 is 4.31. The third-order valence-corrected chi connectivity index (χ3v) is 5.98.